The number of rotatable bonds is 3. The Balaban J connectivity index is 2.48. The third kappa shape index (κ3) is 2.91. The number of hydrogen-bond acceptors (Lipinski definition) is 3. The Hall–Kier alpha value is -2.78. The van der Waals surface area contributed by atoms with E-state index in [1.54, 1.807) is 0 Å². The Morgan fingerprint density at radius 3 is 2.68 bits per heavy atom. The molecule has 0 saturated heterocycles. The van der Waals surface area contributed by atoms with Crippen molar-refractivity contribution in [2.45, 2.75) is 0 Å². The van der Waals surface area contributed by atoms with E-state index in [9.17, 15) is 4.79 Å². The van der Waals surface area contributed by atoms with Crippen molar-refractivity contribution in [2.75, 3.05) is 7.11 Å². The molecule has 19 heavy (non-hydrogen) atoms. The second-order valence-corrected chi connectivity index (χ2v) is 3.82. The van der Waals surface area contributed by atoms with Gasteiger partial charge in [-0.15, -0.1) is 0 Å². The lowest BCUT2D eigenvalue weighted by Crippen LogP contribution is -2.01. The van der Waals surface area contributed by atoms with E-state index in [1.807, 2.05) is 42.5 Å². The summed E-state index contributed by atoms with van der Waals surface area (Å²) in [6, 6.07) is 13.5. The highest BCUT2D eigenvalue weighted by molar-refractivity contribution is 5.94. The third-order valence-corrected chi connectivity index (χ3v) is 2.62. The second-order valence-electron chi connectivity index (χ2n) is 3.82. The van der Waals surface area contributed by atoms with Crippen molar-refractivity contribution in [2.24, 2.45) is 5.11 Å². The Morgan fingerprint density at radius 1 is 1.26 bits per heavy atom. The Morgan fingerprint density at radius 2 is 2.00 bits per heavy atom. The zero-order valence-corrected chi connectivity index (χ0v) is 10.3. The molecule has 5 heteroatoms. The standard InChI is InChI=1S/C14H11N3O2/c1-19-14(18)13(16-17-15)9-10-6-7-11-4-2-3-5-12(11)8-10/h2-9H,1H3/b13-9-. The summed E-state index contributed by atoms with van der Waals surface area (Å²) in [4.78, 5) is 14.0. The fourth-order valence-corrected chi connectivity index (χ4v) is 1.74. The van der Waals surface area contributed by atoms with E-state index in [4.69, 9.17) is 5.53 Å². The van der Waals surface area contributed by atoms with Gasteiger partial charge >= 0.3 is 5.97 Å². The van der Waals surface area contributed by atoms with E-state index in [0.29, 0.717) is 0 Å². The van der Waals surface area contributed by atoms with Crippen molar-refractivity contribution < 1.29 is 9.53 Å². The molecule has 0 aromatic heterocycles. The molecular weight excluding hydrogens is 242 g/mol. The van der Waals surface area contributed by atoms with Crippen molar-refractivity contribution in [3.05, 3.63) is 64.2 Å². The van der Waals surface area contributed by atoms with Crippen molar-refractivity contribution in [3.63, 3.8) is 0 Å². The minimum atomic E-state index is -0.661. The molecule has 2 aromatic carbocycles. The van der Waals surface area contributed by atoms with E-state index in [-0.39, 0.29) is 5.70 Å². The van der Waals surface area contributed by atoms with Crippen molar-refractivity contribution in [1.29, 1.82) is 0 Å². The van der Waals surface area contributed by atoms with Crippen LogP contribution < -0.4 is 0 Å². The normalized spacial score (nSPS) is 10.9. The van der Waals surface area contributed by atoms with Crippen LogP contribution >= 0.6 is 0 Å². The van der Waals surface area contributed by atoms with Gasteiger partial charge in [-0.2, -0.15) is 0 Å². The average Bonchev–Trinajstić information content (AvgIpc) is 2.46. The number of azide groups is 1. The molecule has 0 aliphatic rings. The first-order chi connectivity index (χ1) is 9.24. The molecule has 5 nitrogen and oxygen atoms in total. The summed E-state index contributed by atoms with van der Waals surface area (Å²) in [7, 11) is 1.24. The number of carbonyl (C=O) groups is 1. The summed E-state index contributed by atoms with van der Waals surface area (Å²) < 4.78 is 4.55. The van der Waals surface area contributed by atoms with Gasteiger partial charge in [-0.3, -0.25) is 0 Å². The fourth-order valence-electron chi connectivity index (χ4n) is 1.74. The summed E-state index contributed by atoms with van der Waals surface area (Å²) in [6.07, 6.45) is 1.50. The van der Waals surface area contributed by atoms with Crippen LogP contribution in [0.2, 0.25) is 0 Å². The molecule has 0 radical (unpaired) electrons. The van der Waals surface area contributed by atoms with Gasteiger partial charge in [0.2, 0.25) is 0 Å². The summed E-state index contributed by atoms with van der Waals surface area (Å²) in [5.74, 6) is -0.661. The largest absolute Gasteiger partial charge is 0.466 e. The topological polar surface area (TPSA) is 75.1 Å². The van der Waals surface area contributed by atoms with E-state index >= 15 is 0 Å². The van der Waals surface area contributed by atoms with Crippen LogP contribution in [0.4, 0.5) is 0 Å². The molecule has 0 bridgehead atoms. The SMILES string of the molecule is COC(=O)/C(=C/c1ccc2ccccc2c1)N=[N+]=[N-]. The molecule has 0 atom stereocenters. The molecule has 0 unspecified atom stereocenters. The van der Waals surface area contributed by atoms with E-state index in [1.165, 1.54) is 13.2 Å². The lowest BCUT2D eigenvalue weighted by molar-refractivity contribution is -0.136. The van der Waals surface area contributed by atoms with E-state index in [2.05, 4.69) is 14.8 Å². The highest BCUT2D eigenvalue weighted by Crippen LogP contribution is 2.18. The van der Waals surface area contributed by atoms with Crippen LogP contribution in [0.25, 0.3) is 27.3 Å². The maximum atomic E-state index is 11.4. The zero-order valence-electron chi connectivity index (χ0n) is 10.3. The molecule has 0 fully saturated rings. The molecule has 0 aliphatic carbocycles. The highest BCUT2D eigenvalue weighted by Gasteiger charge is 2.07. The Labute approximate surface area is 109 Å². The van der Waals surface area contributed by atoms with Crippen LogP contribution in [-0.4, -0.2) is 13.1 Å². The second kappa shape index (κ2) is 5.71. The number of nitrogens with zero attached hydrogens (tertiary/aromatic N) is 3. The zero-order chi connectivity index (χ0) is 13.7. The molecule has 0 aliphatic heterocycles. The van der Waals surface area contributed by atoms with Crippen LogP contribution in [0.15, 0.2) is 53.3 Å². The molecule has 0 spiro atoms. The number of benzene rings is 2. The van der Waals surface area contributed by atoms with Gasteiger partial charge in [0, 0.05) is 4.91 Å². The van der Waals surface area contributed by atoms with E-state index < -0.39 is 5.97 Å². The predicted molar refractivity (Wildman–Crippen MR) is 73.1 cm³/mol. The summed E-state index contributed by atoms with van der Waals surface area (Å²) in [6.45, 7) is 0. The molecule has 2 aromatic rings. The lowest BCUT2D eigenvalue weighted by atomic mass is 10.1. The summed E-state index contributed by atoms with van der Waals surface area (Å²) in [5, 5.41) is 5.48. The first-order valence-electron chi connectivity index (χ1n) is 5.58. The minimum absolute atomic E-state index is 0.0692. The number of carbonyl (C=O) groups excluding carboxylic acids is 1. The van der Waals surface area contributed by atoms with Gasteiger partial charge in [0.1, 0.15) is 5.70 Å². The number of ether oxygens (including phenoxy) is 1. The maximum absolute atomic E-state index is 11.4. The van der Waals surface area contributed by atoms with Gasteiger partial charge in [-0.25, -0.2) is 4.79 Å². The maximum Gasteiger partial charge on any atom is 0.340 e. The van der Waals surface area contributed by atoms with Crippen molar-refractivity contribution in [3.8, 4) is 0 Å². The molecule has 0 amide bonds. The van der Waals surface area contributed by atoms with Gasteiger partial charge in [0.15, 0.2) is 0 Å². The number of hydrogen-bond donors (Lipinski definition) is 0. The van der Waals surface area contributed by atoms with Gasteiger partial charge < -0.3 is 4.74 Å². The Kier molecular flexibility index (Phi) is 3.81. The predicted octanol–water partition coefficient (Wildman–Crippen LogP) is 3.66. The van der Waals surface area contributed by atoms with Crippen molar-refractivity contribution in [1.82, 2.24) is 0 Å². The smallest absolute Gasteiger partial charge is 0.340 e. The van der Waals surface area contributed by atoms with Crippen LogP contribution in [0.5, 0.6) is 0 Å². The van der Waals surface area contributed by atoms with Crippen LogP contribution in [0.3, 0.4) is 0 Å². The fraction of sp³-hybridized carbons (Fsp3) is 0.0714. The molecule has 0 heterocycles. The Bertz CT molecular complexity index is 701. The van der Waals surface area contributed by atoms with Crippen molar-refractivity contribution >= 4 is 22.8 Å². The summed E-state index contributed by atoms with van der Waals surface area (Å²) in [5.41, 5.74) is 9.14. The van der Waals surface area contributed by atoms with E-state index in [0.717, 1.165) is 16.3 Å². The average molecular weight is 253 g/mol. The first kappa shape index (κ1) is 12.7. The van der Waals surface area contributed by atoms with Gasteiger partial charge in [0.05, 0.1) is 7.11 Å². The quantitative estimate of drug-likeness (QED) is 0.275. The van der Waals surface area contributed by atoms with Gasteiger partial charge in [0.25, 0.3) is 0 Å². The third-order valence-electron chi connectivity index (χ3n) is 2.62. The molecule has 94 valence electrons. The lowest BCUT2D eigenvalue weighted by Gasteiger charge is -2.01. The van der Waals surface area contributed by atoms with Crippen LogP contribution in [0.1, 0.15) is 5.56 Å². The van der Waals surface area contributed by atoms with Gasteiger partial charge in [-0.05, 0) is 34.0 Å². The monoisotopic (exact) mass is 253 g/mol. The highest BCUT2D eigenvalue weighted by atomic mass is 16.5. The number of fused-ring (bicyclic) bond motifs is 1. The molecule has 0 N–H and O–H groups in total. The minimum Gasteiger partial charge on any atom is -0.466 e. The molecule has 2 rings (SSSR count). The number of methoxy groups -OCH3 is 1. The van der Waals surface area contributed by atoms with Crippen LogP contribution in [-0.2, 0) is 9.53 Å². The molecule has 0 saturated carbocycles. The number of esters is 1. The van der Waals surface area contributed by atoms with Crippen LogP contribution in [0, 0.1) is 0 Å². The molecular formula is C14H11N3O2. The first-order valence-corrected chi connectivity index (χ1v) is 5.58. The summed E-state index contributed by atoms with van der Waals surface area (Å²) >= 11 is 0. The van der Waals surface area contributed by atoms with Gasteiger partial charge in [-0.1, -0.05) is 41.5 Å².